The monoisotopic (exact) mass is 237 g/mol. The van der Waals surface area contributed by atoms with E-state index in [0.717, 1.165) is 12.1 Å². The van der Waals surface area contributed by atoms with Crippen LogP contribution in [-0.4, -0.2) is 73.1 Å². The van der Waals surface area contributed by atoms with Crippen molar-refractivity contribution in [3.8, 4) is 0 Å². The number of hydrogen-bond acceptors (Lipinski definition) is 3. The van der Waals surface area contributed by atoms with E-state index in [-0.39, 0.29) is 0 Å². The minimum atomic E-state index is 0.830. The van der Waals surface area contributed by atoms with Crippen LogP contribution in [0.1, 0.15) is 32.1 Å². The lowest BCUT2D eigenvalue weighted by Crippen LogP contribution is -2.54. The van der Waals surface area contributed by atoms with Crippen LogP contribution < -0.4 is 0 Å². The summed E-state index contributed by atoms with van der Waals surface area (Å²) >= 11 is 0. The van der Waals surface area contributed by atoms with Crippen LogP contribution in [0.4, 0.5) is 0 Å². The van der Waals surface area contributed by atoms with Crippen molar-refractivity contribution >= 4 is 0 Å². The van der Waals surface area contributed by atoms with E-state index in [1.165, 1.54) is 71.4 Å². The van der Waals surface area contributed by atoms with Gasteiger partial charge in [0, 0.05) is 38.3 Å². The van der Waals surface area contributed by atoms with E-state index in [4.69, 9.17) is 0 Å². The molecule has 0 N–H and O–H groups in total. The number of rotatable bonds is 2. The average Bonchev–Trinajstić information content (AvgIpc) is 2.79. The molecule has 3 heteroatoms. The topological polar surface area (TPSA) is 9.72 Å². The minimum Gasteiger partial charge on any atom is -0.302 e. The lowest BCUT2D eigenvalue weighted by molar-refractivity contribution is 0.0672. The van der Waals surface area contributed by atoms with E-state index < -0.39 is 0 Å². The summed E-state index contributed by atoms with van der Waals surface area (Å²) in [5.74, 6) is 0. The molecule has 0 aromatic rings. The number of likely N-dealkylation sites (tertiary alicyclic amines) is 1. The highest BCUT2D eigenvalue weighted by Crippen LogP contribution is 2.23. The zero-order valence-corrected chi connectivity index (χ0v) is 11.3. The van der Waals surface area contributed by atoms with E-state index in [1.54, 1.807) is 0 Å². The molecule has 0 aromatic carbocycles. The minimum absolute atomic E-state index is 0.830. The molecule has 3 aliphatic heterocycles. The van der Waals surface area contributed by atoms with E-state index >= 15 is 0 Å². The van der Waals surface area contributed by atoms with Crippen molar-refractivity contribution in [2.45, 2.75) is 44.2 Å². The van der Waals surface area contributed by atoms with Crippen molar-refractivity contribution in [2.75, 3.05) is 46.3 Å². The van der Waals surface area contributed by atoms with Crippen LogP contribution >= 0.6 is 0 Å². The number of nitrogens with zero attached hydrogens (tertiary/aromatic N) is 3. The SMILES string of the molecule is CN1CCCCC1CN1CCN2CCCC2C1. The molecule has 2 atom stereocenters. The van der Waals surface area contributed by atoms with E-state index in [0.29, 0.717) is 0 Å². The van der Waals surface area contributed by atoms with Gasteiger partial charge in [0.1, 0.15) is 0 Å². The Labute approximate surface area is 106 Å². The van der Waals surface area contributed by atoms with Crippen LogP contribution in [0.3, 0.4) is 0 Å². The molecule has 3 saturated heterocycles. The second kappa shape index (κ2) is 5.25. The fourth-order valence-corrected chi connectivity index (χ4v) is 3.89. The van der Waals surface area contributed by atoms with Gasteiger partial charge in [-0.1, -0.05) is 6.42 Å². The molecule has 0 amide bonds. The van der Waals surface area contributed by atoms with Crippen LogP contribution in [0.5, 0.6) is 0 Å². The van der Waals surface area contributed by atoms with Crippen molar-refractivity contribution in [3.05, 3.63) is 0 Å². The highest BCUT2D eigenvalue weighted by atomic mass is 15.3. The lowest BCUT2D eigenvalue weighted by atomic mass is 10.0. The maximum Gasteiger partial charge on any atom is 0.0224 e. The summed E-state index contributed by atoms with van der Waals surface area (Å²) in [5.41, 5.74) is 0. The summed E-state index contributed by atoms with van der Waals surface area (Å²) in [7, 11) is 2.32. The molecule has 98 valence electrons. The second-order valence-corrected chi connectivity index (χ2v) is 6.22. The van der Waals surface area contributed by atoms with Crippen molar-refractivity contribution in [2.24, 2.45) is 0 Å². The van der Waals surface area contributed by atoms with Gasteiger partial charge in [-0.15, -0.1) is 0 Å². The van der Waals surface area contributed by atoms with Crippen molar-refractivity contribution in [3.63, 3.8) is 0 Å². The van der Waals surface area contributed by atoms with Gasteiger partial charge in [-0.25, -0.2) is 0 Å². The third-order valence-electron chi connectivity index (χ3n) is 5.06. The van der Waals surface area contributed by atoms with Crippen LogP contribution in [0.15, 0.2) is 0 Å². The second-order valence-electron chi connectivity index (χ2n) is 6.22. The van der Waals surface area contributed by atoms with Gasteiger partial charge in [-0.3, -0.25) is 9.80 Å². The van der Waals surface area contributed by atoms with Crippen LogP contribution in [0, 0.1) is 0 Å². The molecule has 0 bridgehead atoms. The third-order valence-corrected chi connectivity index (χ3v) is 5.06. The Bertz CT molecular complexity index is 256. The number of piperazine rings is 1. The Kier molecular flexibility index (Phi) is 3.69. The molecule has 17 heavy (non-hydrogen) atoms. The quantitative estimate of drug-likeness (QED) is 0.716. The molecule has 3 fully saturated rings. The summed E-state index contributed by atoms with van der Waals surface area (Å²) in [4.78, 5) is 8.03. The van der Waals surface area contributed by atoms with Gasteiger partial charge in [0.15, 0.2) is 0 Å². The molecular weight excluding hydrogens is 210 g/mol. The van der Waals surface area contributed by atoms with Gasteiger partial charge in [0.25, 0.3) is 0 Å². The Morgan fingerprint density at radius 1 is 0.941 bits per heavy atom. The highest BCUT2D eigenvalue weighted by Gasteiger charge is 2.32. The predicted molar refractivity (Wildman–Crippen MR) is 71.3 cm³/mol. The van der Waals surface area contributed by atoms with Gasteiger partial charge < -0.3 is 4.90 Å². The predicted octanol–water partition coefficient (Wildman–Crippen LogP) is 1.25. The first kappa shape index (κ1) is 11.9. The summed E-state index contributed by atoms with van der Waals surface area (Å²) in [6.45, 7) is 7.96. The normalized spacial score (nSPS) is 37.2. The lowest BCUT2D eigenvalue weighted by Gasteiger charge is -2.41. The molecule has 3 aliphatic rings. The first-order valence-electron chi connectivity index (χ1n) is 7.49. The fourth-order valence-electron chi connectivity index (χ4n) is 3.89. The zero-order chi connectivity index (χ0) is 11.7. The third kappa shape index (κ3) is 2.67. The maximum absolute atomic E-state index is 2.74. The Morgan fingerprint density at radius 2 is 1.88 bits per heavy atom. The number of likely N-dealkylation sites (N-methyl/N-ethyl adjacent to an activating group) is 1. The molecule has 0 spiro atoms. The summed E-state index contributed by atoms with van der Waals surface area (Å²) in [6, 6.07) is 1.72. The van der Waals surface area contributed by atoms with Crippen LogP contribution in [0.25, 0.3) is 0 Å². The Balaban J connectivity index is 1.51. The Morgan fingerprint density at radius 3 is 2.76 bits per heavy atom. The maximum atomic E-state index is 2.74. The molecule has 2 unspecified atom stereocenters. The molecular formula is C14H27N3. The van der Waals surface area contributed by atoms with E-state index in [2.05, 4.69) is 21.7 Å². The summed E-state index contributed by atoms with van der Waals surface area (Å²) in [6.07, 6.45) is 7.14. The van der Waals surface area contributed by atoms with Gasteiger partial charge in [0.05, 0.1) is 0 Å². The van der Waals surface area contributed by atoms with Crippen LogP contribution in [0.2, 0.25) is 0 Å². The number of piperidine rings is 1. The van der Waals surface area contributed by atoms with Gasteiger partial charge in [-0.05, 0) is 45.8 Å². The fraction of sp³-hybridized carbons (Fsp3) is 1.00. The van der Waals surface area contributed by atoms with Gasteiger partial charge >= 0.3 is 0 Å². The average molecular weight is 237 g/mol. The number of fused-ring (bicyclic) bond motifs is 1. The summed E-state index contributed by atoms with van der Waals surface area (Å²) in [5, 5.41) is 0. The highest BCUT2D eigenvalue weighted by molar-refractivity contribution is 4.88. The molecule has 0 saturated carbocycles. The smallest absolute Gasteiger partial charge is 0.0224 e. The first-order valence-corrected chi connectivity index (χ1v) is 7.49. The Hall–Kier alpha value is -0.120. The van der Waals surface area contributed by atoms with Gasteiger partial charge in [-0.2, -0.15) is 0 Å². The first-order chi connectivity index (χ1) is 8.33. The van der Waals surface area contributed by atoms with E-state index in [9.17, 15) is 0 Å². The van der Waals surface area contributed by atoms with Crippen LogP contribution in [-0.2, 0) is 0 Å². The summed E-state index contributed by atoms with van der Waals surface area (Å²) < 4.78 is 0. The molecule has 0 aromatic heterocycles. The van der Waals surface area contributed by atoms with Crippen molar-refractivity contribution < 1.29 is 0 Å². The molecule has 0 radical (unpaired) electrons. The molecule has 0 aliphatic carbocycles. The largest absolute Gasteiger partial charge is 0.302 e. The zero-order valence-electron chi connectivity index (χ0n) is 11.3. The standard InChI is InChI=1S/C14H27N3/c1-15-7-3-2-5-13(15)11-16-9-10-17-8-4-6-14(17)12-16/h13-14H,2-12H2,1H3. The van der Waals surface area contributed by atoms with Crippen molar-refractivity contribution in [1.82, 2.24) is 14.7 Å². The molecule has 3 rings (SSSR count). The number of hydrogen-bond donors (Lipinski definition) is 0. The van der Waals surface area contributed by atoms with Crippen molar-refractivity contribution in [1.29, 1.82) is 0 Å². The molecule has 3 nitrogen and oxygen atoms in total. The van der Waals surface area contributed by atoms with E-state index in [1.807, 2.05) is 0 Å². The van der Waals surface area contributed by atoms with Gasteiger partial charge in [0.2, 0.25) is 0 Å². The molecule has 3 heterocycles.